The molecule has 0 radical (unpaired) electrons. The smallest absolute Gasteiger partial charge is 0.223 e. The number of nitrogens with zero attached hydrogens (tertiary/aromatic N) is 4. The SMILES string of the molecule is CC1(C)Cn2ncc(-c3nc(N[C@@H]4CCOC[C@H]4O)ncc3Cl)c2CN1. The van der Waals surface area contributed by atoms with Crippen molar-refractivity contribution in [1.82, 2.24) is 25.1 Å². The average molecular weight is 379 g/mol. The van der Waals surface area contributed by atoms with E-state index < -0.39 is 6.10 Å². The van der Waals surface area contributed by atoms with Gasteiger partial charge in [-0.25, -0.2) is 9.97 Å². The number of fused-ring (bicyclic) bond motifs is 1. The minimum atomic E-state index is -0.582. The van der Waals surface area contributed by atoms with Crippen LogP contribution in [0, 0.1) is 0 Å². The molecular weight excluding hydrogens is 356 g/mol. The summed E-state index contributed by atoms with van der Waals surface area (Å²) in [7, 11) is 0. The van der Waals surface area contributed by atoms with E-state index in [0.29, 0.717) is 42.8 Å². The number of hydrogen-bond donors (Lipinski definition) is 3. The van der Waals surface area contributed by atoms with Crippen molar-refractivity contribution < 1.29 is 9.84 Å². The van der Waals surface area contributed by atoms with Crippen LogP contribution in [-0.2, 0) is 17.8 Å². The van der Waals surface area contributed by atoms with E-state index in [0.717, 1.165) is 17.8 Å². The van der Waals surface area contributed by atoms with Crippen LogP contribution in [0.1, 0.15) is 26.0 Å². The van der Waals surface area contributed by atoms with Crippen LogP contribution in [0.4, 0.5) is 5.95 Å². The predicted octanol–water partition coefficient (Wildman–Crippen LogP) is 1.44. The topological polar surface area (TPSA) is 97.1 Å². The van der Waals surface area contributed by atoms with E-state index in [1.54, 1.807) is 12.4 Å². The number of aliphatic hydroxyl groups is 1. The van der Waals surface area contributed by atoms with Gasteiger partial charge in [-0.3, -0.25) is 4.68 Å². The predicted molar refractivity (Wildman–Crippen MR) is 98.0 cm³/mol. The highest BCUT2D eigenvalue weighted by Gasteiger charge is 2.29. The third-order valence-electron chi connectivity index (χ3n) is 4.87. The summed E-state index contributed by atoms with van der Waals surface area (Å²) in [5.74, 6) is 0.444. The lowest BCUT2D eigenvalue weighted by molar-refractivity contribution is -0.0136. The summed E-state index contributed by atoms with van der Waals surface area (Å²) in [6.45, 7) is 6.70. The molecule has 0 aliphatic carbocycles. The van der Waals surface area contributed by atoms with Crippen molar-refractivity contribution in [2.24, 2.45) is 0 Å². The molecule has 140 valence electrons. The molecule has 3 N–H and O–H groups in total. The van der Waals surface area contributed by atoms with Crippen LogP contribution in [0.3, 0.4) is 0 Å². The fraction of sp³-hybridized carbons (Fsp3) is 0.588. The van der Waals surface area contributed by atoms with Crippen LogP contribution in [0.25, 0.3) is 11.3 Å². The van der Waals surface area contributed by atoms with Gasteiger partial charge < -0.3 is 20.5 Å². The van der Waals surface area contributed by atoms with Crippen molar-refractivity contribution in [2.75, 3.05) is 18.5 Å². The average Bonchev–Trinajstić information content (AvgIpc) is 3.00. The first-order valence-electron chi connectivity index (χ1n) is 8.78. The van der Waals surface area contributed by atoms with Crippen LogP contribution in [0.2, 0.25) is 5.02 Å². The highest BCUT2D eigenvalue weighted by Crippen LogP contribution is 2.31. The third kappa shape index (κ3) is 3.42. The zero-order valence-electron chi connectivity index (χ0n) is 14.9. The Morgan fingerprint density at radius 3 is 3.08 bits per heavy atom. The number of aromatic nitrogens is 4. The summed E-state index contributed by atoms with van der Waals surface area (Å²) >= 11 is 6.38. The molecule has 2 aliphatic heterocycles. The van der Waals surface area contributed by atoms with Crippen LogP contribution in [-0.4, -0.2) is 55.8 Å². The molecule has 0 amide bonds. The maximum atomic E-state index is 10.1. The minimum Gasteiger partial charge on any atom is -0.389 e. The molecule has 4 rings (SSSR count). The van der Waals surface area contributed by atoms with Gasteiger partial charge in [0.15, 0.2) is 0 Å². The van der Waals surface area contributed by atoms with Crippen LogP contribution in [0.5, 0.6) is 0 Å². The molecule has 1 fully saturated rings. The van der Waals surface area contributed by atoms with E-state index in [-0.39, 0.29) is 11.6 Å². The first kappa shape index (κ1) is 17.7. The third-order valence-corrected chi connectivity index (χ3v) is 5.14. The second-order valence-corrected chi connectivity index (χ2v) is 7.88. The van der Waals surface area contributed by atoms with Crippen LogP contribution >= 0.6 is 11.6 Å². The Labute approximate surface area is 156 Å². The van der Waals surface area contributed by atoms with Gasteiger partial charge in [-0.1, -0.05) is 11.6 Å². The van der Waals surface area contributed by atoms with Crippen LogP contribution < -0.4 is 10.6 Å². The second kappa shape index (κ2) is 6.77. The maximum Gasteiger partial charge on any atom is 0.223 e. The Morgan fingerprint density at radius 2 is 2.27 bits per heavy atom. The van der Waals surface area contributed by atoms with Crippen LogP contribution in [0.15, 0.2) is 12.4 Å². The molecule has 0 aromatic carbocycles. The number of nitrogens with one attached hydrogen (secondary N) is 2. The number of anilines is 1. The number of ether oxygens (including phenoxy) is 1. The van der Waals surface area contributed by atoms with Crippen molar-refractivity contribution in [2.45, 2.75) is 51.0 Å². The van der Waals surface area contributed by atoms with E-state index in [9.17, 15) is 5.11 Å². The molecule has 2 aliphatic rings. The fourth-order valence-electron chi connectivity index (χ4n) is 3.37. The van der Waals surface area contributed by atoms with Gasteiger partial charge in [-0.15, -0.1) is 0 Å². The molecule has 2 aromatic rings. The van der Waals surface area contributed by atoms with Gasteiger partial charge in [-0.2, -0.15) is 5.10 Å². The molecule has 2 aromatic heterocycles. The molecule has 26 heavy (non-hydrogen) atoms. The van der Waals surface area contributed by atoms with Crippen molar-refractivity contribution in [1.29, 1.82) is 0 Å². The summed E-state index contributed by atoms with van der Waals surface area (Å²) in [5.41, 5.74) is 2.60. The van der Waals surface area contributed by atoms with Gasteiger partial charge in [0.25, 0.3) is 0 Å². The van der Waals surface area contributed by atoms with E-state index in [1.165, 1.54) is 0 Å². The molecule has 1 saturated heterocycles. The molecular formula is C17H23ClN6O2. The highest BCUT2D eigenvalue weighted by atomic mass is 35.5. The Morgan fingerprint density at radius 1 is 1.42 bits per heavy atom. The number of aliphatic hydroxyl groups excluding tert-OH is 1. The van der Waals surface area contributed by atoms with Crippen molar-refractivity contribution in [3.63, 3.8) is 0 Å². The molecule has 0 unspecified atom stereocenters. The summed E-state index contributed by atoms with van der Waals surface area (Å²) in [5, 5.41) is 21.7. The van der Waals surface area contributed by atoms with Gasteiger partial charge in [0.05, 0.1) is 54.1 Å². The van der Waals surface area contributed by atoms with E-state index >= 15 is 0 Å². The van der Waals surface area contributed by atoms with E-state index in [4.69, 9.17) is 16.3 Å². The second-order valence-electron chi connectivity index (χ2n) is 7.47. The standard InChI is InChI=1S/C17H23ClN6O2/c1-17(2)9-24-13(7-20-17)10(5-21-24)15-11(18)6-19-16(23-15)22-12-3-4-26-8-14(12)25/h5-6,12,14,20,25H,3-4,7-9H2,1-2H3,(H,19,22,23)/t12-,14-/m1/s1. The van der Waals surface area contributed by atoms with Gasteiger partial charge in [-0.05, 0) is 20.3 Å². The lowest BCUT2D eigenvalue weighted by Crippen LogP contribution is -2.47. The zero-order valence-corrected chi connectivity index (χ0v) is 15.6. The van der Waals surface area contributed by atoms with Gasteiger partial charge >= 0.3 is 0 Å². The Kier molecular flexibility index (Phi) is 4.60. The Bertz CT molecular complexity index is 809. The van der Waals surface area contributed by atoms with Crippen molar-refractivity contribution in [3.8, 4) is 11.3 Å². The number of halogens is 1. The zero-order chi connectivity index (χ0) is 18.3. The van der Waals surface area contributed by atoms with E-state index in [2.05, 4.69) is 39.5 Å². The summed E-state index contributed by atoms with van der Waals surface area (Å²) in [4.78, 5) is 8.86. The molecule has 4 heterocycles. The molecule has 8 nitrogen and oxygen atoms in total. The molecule has 2 atom stereocenters. The van der Waals surface area contributed by atoms with Crippen molar-refractivity contribution in [3.05, 3.63) is 23.1 Å². The van der Waals surface area contributed by atoms with Gasteiger partial charge in [0.2, 0.25) is 5.95 Å². The lowest BCUT2D eigenvalue weighted by Gasteiger charge is -2.32. The minimum absolute atomic E-state index is 0.00232. The van der Waals surface area contributed by atoms with E-state index in [1.807, 2.05) is 4.68 Å². The normalized spacial score (nSPS) is 24.9. The molecule has 0 spiro atoms. The Balaban J connectivity index is 1.62. The van der Waals surface area contributed by atoms with Gasteiger partial charge in [0.1, 0.15) is 0 Å². The quantitative estimate of drug-likeness (QED) is 0.743. The lowest BCUT2D eigenvalue weighted by atomic mass is 10.0. The Hall–Kier alpha value is -1.74. The molecule has 0 saturated carbocycles. The first-order valence-corrected chi connectivity index (χ1v) is 9.16. The summed E-state index contributed by atoms with van der Waals surface area (Å²) in [6, 6.07) is -0.138. The highest BCUT2D eigenvalue weighted by molar-refractivity contribution is 6.32. The monoisotopic (exact) mass is 378 g/mol. The maximum absolute atomic E-state index is 10.1. The summed E-state index contributed by atoms with van der Waals surface area (Å²) in [6.07, 6.45) is 3.51. The summed E-state index contributed by atoms with van der Waals surface area (Å²) < 4.78 is 7.26. The number of hydrogen-bond acceptors (Lipinski definition) is 7. The molecule has 0 bridgehead atoms. The first-order chi connectivity index (χ1) is 12.4. The molecule has 9 heteroatoms. The van der Waals surface area contributed by atoms with Gasteiger partial charge in [0, 0.05) is 24.3 Å². The number of rotatable bonds is 3. The largest absolute Gasteiger partial charge is 0.389 e. The van der Waals surface area contributed by atoms with Crippen molar-refractivity contribution >= 4 is 17.5 Å². The fourth-order valence-corrected chi connectivity index (χ4v) is 3.56.